The van der Waals surface area contributed by atoms with Gasteiger partial charge in [0.25, 0.3) is 15.9 Å². The molecule has 2 aromatic carbocycles. The number of carbonyl (C=O) groups excluding carboxylic acids is 2. The van der Waals surface area contributed by atoms with Crippen molar-refractivity contribution in [2.24, 2.45) is 4.99 Å². The number of nitrogens with one attached hydrogen (secondary N) is 1. The first-order valence-corrected chi connectivity index (χ1v) is 12.1. The van der Waals surface area contributed by atoms with Crippen LogP contribution in [0, 0.1) is 0 Å². The van der Waals surface area contributed by atoms with Crippen molar-refractivity contribution in [3.63, 3.8) is 0 Å². The normalized spacial score (nSPS) is 19.4. The average Bonchev–Trinajstić information content (AvgIpc) is 3.02. The zero-order chi connectivity index (χ0) is 23.0. The average molecular weight is 495 g/mol. The number of hydrogen-bond donors (Lipinski definition) is 1. The molecule has 0 saturated carbocycles. The Labute approximate surface area is 195 Å². The molecule has 0 aliphatic carbocycles. The van der Waals surface area contributed by atoms with Crippen LogP contribution in [0.25, 0.3) is 0 Å². The van der Waals surface area contributed by atoms with E-state index in [1.165, 1.54) is 6.07 Å². The minimum atomic E-state index is -3.67. The lowest BCUT2D eigenvalue weighted by Gasteiger charge is -2.35. The number of halogens is 2. The van der Waals surface area contributed by atoms with Crippen LogP contribution in [0.3, 0.4) is 0 Å². The highest BCUT2D eigenvalue weighted by atomic mass is 35.5. The number of aliphatic imine (C=N–C) groups is 1. The number of benzene rings is 2. The van der Waals surface area contributed by atoms with Crippen LogP contribution >= 0.6 is 23.2 Å². The molecule has 8 nitrogen and oxygen atoms in total. The van der Waals surface area contributed by atoms with E-state index in [-0.39, 0.29) is 22.5 Å². The number of fused-ring (bicyclic) bond motifs is 1. The van der Waals surface area contributed by atoms with Crippen molar-refractivity contribution in [3.05, 3.63) is 63.6 Å². The van der Waals surface area contributed by atoms with Crippen LogP contribution in [0.5, 0.6) is 0 Å². The largest absolute Gasteiger partial charge is 0.337 e. The molecular formula is C21H20Cl2N4O4S. The lowest BCUT2D eigenvalue weighted by atomic mass is 10.1. The number of rotatable bonds is 3. The molecule has 1 fully saturated rings. The first kappa shape index (κ1) is 22.6. The highest BCUT2D eigenvalue weighted by molar-refractivity contribution is 7.90. The van der Waals surface area contributed by atoms with Crippen molar-refractivity contribution in [2.45, 2.75) is 17.9 Å². The SMILES string of the molecule is C[C@H](N=C1NS(=O)(=O)c2ccccc21)C(=O)N1CCN(C(=O)c2cc(Cl)cc(Cl)c2)CC1. The summed E-state index contributed by atoms with van der Waals surface area (Å²) in [5.41, 5.74) is 0.844. The Hall–Kier alpha value is -2.62. The maximum atomic E-state index is 12.9. The molecule has 32 heavy (non-hydrogen) atoms. The minimum absolute atomic E-state index is 0.145. The molecule has 1 atom stereocenters. The molecule has 2 aliphatic rings. The van der Waals surface area contributed by atoms with E-state index in [1.54, 1.807) is 53.1 Å². The molecule has 0 unspecified atom stereocenters. The summed E-state index contributed by atoms with van der Waals surface area (Å²) in [5, 5.41) is 0.762. The van der Waals surface area contributed by atoms with E-state index in [2.05, 4.69) is 9.71 Å². The van der Waals surface area contributed by atoms with Crippen molar-refractivity contribution >= 4 is 50.9 Å². The molecule has 2 amide bonds. The monoisotopic (exact) mass is 494 g/mol. The Bertz CT molecular complexity index is 1200. The van der Waals surface area contributed by atoms with Crippen molar-refractivity contribution in [1.29, 1.82) is 0 Å². The molecule has 11 heteroatoms. The number of amides is 2. The molecule has 1 saturated heterocycles. The highest BCUT2D eigenvalue weighted by Crippen LogP contribution is 2.23. The molecule has 4 rings (SSSR count). The minimum Gasteiger partial charge on any atom is -0.337 e. The van der Waals surface area contributed by atoms with Gasteiger partial charge in [0, 0.05) is 47.4 Å². The van der Waals surface area contributed by atoms with Crippen molar-refractivity contribution in [3.8, 4) is 0 Å². The molecule has 2 heterocycles. The van der Waals surface area contributed by atoms with Crippen LogP contribution in [0.15, 0.2) is 52.4 Å². The Morgan fingerprint density at radius 3 is 2.25 bits per heavy atom. The lowest BCUT2D eigenvalue weighted by molar-refractivity contribution is -0.133. The molecule has 1 N–H and O–H groups in total. The van der Waals surface area contributed by atoms with Gasteiger partial charge >= 0.3 is 0 Å². The number of amidine groups is 1. The van der Waals surface area contributed by atoms with Gasteiger partial charge < -0.3 is 9.80 Å². The summed E-state index contributed by atoms with van der Waals surface area (Å²) in [7, 11) is -3.67. The van der Waals surface area contributed by atoms with E-state index in [4.69, 9.17) is 23.2 Å². The van der Waals surface area contributed by atoms with Crippen molar-refractivity contribution in [2.75, 3.05) is 26.2 Å². The third-order valence-electron chi connectivity index (χ3n) is 5.33. The summed E-state index contributed by atoms with van der Waals surface area (Å²) in [5.74, 6) is -0.279. The van der Waals surface area contributed by atoms with E-state index < -0.39 is 16.1 Å². The Kier molecular flexibility index (Phi) is 6.15. The summed E-state index contributed by atoms with van der Waals surface area (Å²) in [6.07, 6.45) is 0. The van der Waals surface area contributed by atoms with Crippen LogP contribution < -0.4 is 4.72 Å². The quantitative estimate of drug-likeness (QED) is 0.707. The molecule has 0 aromatic heterocycles. The topological polar surface area (TPSA) is 99.1 Å². The number of sulfonamides is 1. The molecule has 2 aromatic rings. The second-order valence-electron chi connectivity index (χ2n) is 7.53. The van der Waals surface area contributed by atoms with Gasteiger partial charge in [-0.2, -0.15) is 0 Å². The van der Waals surface area contributed by atoms with E-state index >= 15 is 0 Å². The highest BCUT2D eigenvalue weighted by Gasteiger charge is 2.32. The van der Waals surface area contributed by atoms with Gasteiger partial charge in [0.1, 0.15) is 11.9 Å². The summed E-state index contributed by atoms with van der Waals surface area (Å²) < 4.78 is 26.9. The third-order valence-corrected chi connectivity index (χ3v) is 7.16. The Balaban J connectivity index is 1.42. The third kappa shape index (κ3) is 4.46. The van der Waals surface area contributed by atoms with E-state index in [1.807, 2.05) is 0 Å². The van der Waals surface area contributed by atoms with Crippen LogP contribution in [-0.2, 0) is 14.8 Å². The second-order valence-corrected chi connectivity index (χ2v) is 10.1. The molecular weight excluding hydrogens is 475 g/mol. The van der Waals surface area contributed by atoms with Crippen molar-refractivity contribution in [1.82, 2.24) is 14.5 Å². The van der Waals surface area contributed by atoms with Gasteiger partial charge in [-0.15, -0.1) is 0 Å². The summed E-state index contributed by atoms with van der Waals surface area (Å²) in [6.45, 7) is 3.02. The zero-order valence-electron chi connectivity index (χ0n) is 17.1. The van der Waals surface area contributed by atoms with Gasteiger partial charge in [0.05, 0.1) is 4.90 Å². The first-order valence-electron chi connectivity index (χ1n) is 9.90. The van der Waals surface area contributed by atoms with E-state index in [9.17, 15) is 18.0 Å². The second kappa shape index (κ2) is 8.73. The number of nitrogens with zero attached hydrogens (tertiary/aromatic N) is 3. The van der Waals surface area contributed by atoms with E-state index in [0.29, 0.717) is 47.4 Å². The van der Waals surface area contributed by atoms with Gasteiger partial charge in [0.15, 0.2) is 0 Å². The van der Waals surface area contributed by atoms with Crippen LogP contribution in [0.2, 0.25) is 10.0 Å². The Morgan fingerprint density at radius 1 is 1.00 bits per heavy atom. The fourth-order valence-electron chi connectivity index (χ4n) is 3.73. The standard InChI is InChI=1S/C21H20Cl2N4O4S/c1-13(24-19-17-4-2-3-5-18(17)32(30,31)25-19)20(28)26-6-8-27(9-7-26)21(29)14-10-15(22)12-16(23)11-14/h2-5,10-13H,6-9H2,1H3,(H,24,25)/t13-/m0/s1. The van der Waals surface area contributed by atoms with Gasteiger partial charge in [0.2, 0.25) is 5.91 Å². The van der Waals surface area contributed by atoms with Gasteiger partial charge in [-0.05, 0) is 37.3 Å². The molecule has 0 spiro atoms. The maximum Gasteiger partial charge on any atom is 0.263 e. The smallest absolute Gasteiger partial charge is 0.263 e. The Morgan fingerprint density at radius 2 is 1.59 bits per heavy atom. The van der Waals surface area contributed by atoms with Crippen LogP contribution in [0.4, 0.5) is 0 Å². The molecule has 168 valence electrons. The van der Waals surface area contributed by atoms with Gasteiger partial charge in [-0.1, -0.05) is 35.3 Å². The zero-order valence-corrected chi connectivity index (χ0v) is 19.4. The number of hydrogen-bond acceptors (Lipinski definition) is 5. The predicted molar refractivity (Wildman–Crippen MR) is 122 cm³/mol. The lowest BCUT2D eigenvalue weighted by Crippen LogP contribution is -2.52. The fourth-order valence-corrected chi connectivity index (χ4v) is 5.50. The van der Waals surface area contributed by atoms with Gasteiger partial charge in [-0.25, -0.2) is 8.42 Å². The summed E-state index contributed by atoms with van der Waals surface area (Å²) in [6, 6.07) is 10.4. The maximum absolute atomic E-state index is 12.9. The first-order chi connectivity index (χ1) is 15.2. The summed E-state index contributed by atoms with van der Waals surface area (Å²) >= 11 is 12.0. The predicted octanol–water partition coefficient (Wildman–Crippen LogP) is 2.41. The van der Waals surface area contributed by atoms with Gasteiger partial charge in [-0.3, -0.25) is 19.3 Å². The molecule has 0 bridgehead atoms. The van der Waals surface area contributed by atoms with Crippen LogP contribution in [-0.4, -0.2) is 68.1 Å². The summed E-state index contributed by atoms with van der Waals surface area (Å²) in [4.78, 5) is 33.4. The molecule has 0 radical (unpaired) electrons. The fraction of sp³-hybridized carbons (Fsp3) is 0.286. The number of carbonyl (C=O) groups is 2. The molecule has 2 aliphatic heterocycles. The number of piperazine rings is 1. The van der Waals surface area contributed by atoms with Crippen molar-refractivity contribution < 1.29 is 18.0 Å². The van der Waals surface area contributed by atoms with E-state index in [0.717, 1.165) is 0 Å². The van der Waals surface area contributed by atoms with Crippen LogP contribution in [0.1, 0.15) is 22.8 Å².